The molecule has 0 saturated heterocycles. The summed E-state index contributed by atoms with van der Waals surface area (Å²) in [7, 11) is 0. The maximum atomic E-state index is 5.37. The first-order valence-corrected chi connectivity index (χ1v) is 4.51. The Kier molecular flexibility index (Phi) is 2.76. The van der Waals surface area contributed by atoms with Crippen molar-refractivity contribution < 1.29 is 0 Å². The maximum Gasteiger partial charge on any atom is 0.131 e. The lowest BCUT2D eigenvalue weighted by Gasteiger charge is -2.20. The quantitative estimate of drug-likeness (QED) is 0.722. The summed E-state index contributed by atoms with van der Waals surface area (Å²) in [5.74, 6) is 4.18. The zero-order chi connectivity index (χ0) is 10.8. The number of hydrogen-bond acceptors (Lipinski definition) is 3. The third kappa shape index (κ3) is 2.74. The van der Waals surface area contributed by atoms with Crippen molar-refractivity contribution in [1.82, 2.24) is 9.97 Å². The fraction of sp³-hybridized carbons (Fsp3) is 0.455. The van der Waals surface area contributed by atoms with Crippen LogP contribution in [-0.4, -0.2) is 15.5 Å². The summed E-state index contributed by atoms with van der Waals surface area (Å²) in [6, 6.07) is 1.88. The van der Waals surface area contributed by atoms with Gasteiger partial charge in [0.2, 0.25) is 0 Å². The van der Waals surface area contributed by atoms with E-state index in [1.165, 1.54) is 0 Å². The number of hydrogen-bond donors (Lipinski definition) is 1. The summed E-state index contributed by atoms with van der Waals surface area (Å²) < 4.78 is 0. The third-order valence-electron chi connectivity index (χ3n) is 1.77. The number of anilines is 1. The lowest BCUT2D eigenvalue weighted by molar-refractivity contribution is 0.733. The van der Waals surface area contributed by atoms with E-state index < -0.39 is 0 Å². The van der Waals surface area contributed by atoms with Gasteiger partial charge in [-0.25, -0.2) is 9.97 Å². The van der Waals surface area contributed by atoms with E-state index in [9.17, 15) is 0 Å². The molecule has 1 aromatic heterocycles. The van der Waals surface area contributed by atoms with Gasteiger partial charge in [0.25, 0.3) is 0 Å². The number of aromatic nitrogens is 2. The molecule has 1 N–H and O–H groups in total. The predicted octanol–water partition coefficient (Wildman–Crippen LogP) is 1.92. The van der Waals surface area contributed by atoms with Gasteiger partial charge < -0.3 is 5.32 Å². The predicted molar refractivity (Wildman–Crippen MR) is 58.0 cm³/mol. The number of terminal acetylenes is 1. The van der Waals surface area contributed by atoms with Crippen molar-refractivity contribution in [1.29, 1.82) is 0 Å². The fourth-order valence-corrected chi connectivity index (χ4v) is 1.14. The molecule has 3 heteroatoms. The molecule has 1 aromatic rings. The molecular formula is C11H15N3. The van der Waals surface area contributed by atoms with Gasteiger partial charge in [-0.1, -0.05) is 5.92 Å². The largest absolute Gasteiger partial charge is 0.354 e. The van der Waals surface area contributed by atoms with Gasteiger partial charge in [-0.2, -0.15) is 0 Å². The van der Waals surface area contributed by atoms with Crippen molar-refractivity contribution in [3.05, 3.63) is 17.6 Å². The molecule has 0 unspecified atom stereocenters. The normalized spacial score (nSPS) is 10.8. The minimum Gasteiger partial charge on any atom is -0.354 e. The monoisotopic (exact) mass is 189 g/mol. The highest BCUT2D eigenvalue weighted by atomic mass is 15.1. The number of aryl methyl sites for hydroxylation is 2. The number of rotatable bonds is 2. The molecule has 74 valence electrons. The topological polar surface area (TPSA) is 37.8 Å². The van der Waals surface area contributed by atoms with E-state index in [2.05, 4.69) is 21.2 Å². The van der Waals surface area contributed by atoms with Crippen LogP contribution in [0.25, 0.3) is 0 Å². The zero-order valence-electron chi connectivity index (χ0n) is 9.05. The number of nitrogens with zero attached hydrogens (tertiary/aromatic N) is 2. The van der Waals surface area contributed by atoms with Gasteiger partial charge >= 0.3 is 0 Å². The minimum atomic E-state index is -0.382. The highest BCUT2D eigenvalue weighted by Gasteiger charge is 2.13. The van der Waals surface area contributed by atoms with Crippen LogP contribution in [0.15, 0.2) is 6.07 Å². The van der Waals surface area contributed by atoms with Gasteiger partial charge in [-0.05, 0) is 27.7 Å². The van der Waals surface area contributed by atoms with Crippen LogP contribution in [0.1, 0.15) is 25.4 Å². The average Bonchev–Trinajstić information content (AvgIpc) is 2.01. The van der Waals surface area contributed by atoms with E-state index in [-0.39, 0.29) is 5.54 Å². The van der Waals surface area contributed by atoms with Crippen molar-refractivity contribution in [2.45, 2.75) is 33.2 Å². The Morgan fingerprint density at radius 1 is 1.36 bits per heavy atom. The first kappa shape index (κ1) is 10.5. The van der Waals surface area contributed by atoms with Gasteiger partial charge in [0, 0.05) is 11.8 Å². The Balaban J connectivity index is 2.94. The average molecular weight is 189 g/mol. The molecule has 1 rings (SSSR count). The molecule has 0 aliphatic heterocycles. The molecule has 0 saturated carbocycles. The van der Waals surface area contributed by atoms with Gasteiger partial charge in [0.15, 0.2) is 0 Å². The van der Waals surface area contributed by atoms with E-state index in [1.54, 1.807) is 0 Å². The summed E-state index contributed by atoms with van der Waals surface area (Å²) in [4.78, 5) is 8.44. The van der Waals surface area contributed by atoms with Crippen LogP contribution in [-0.2, 0) is 0 Å². The van der Waals surface area contributed by atoms with Crippen LogP contribution in [0.4, 0.5) is 5.82 Å². The van der Waals surface area contributed by atoms with E-state index in [0.29, 0.717) is 0 Å². The molecule has 0 atom stereocenters. The lowest BCUT2D eigenvalue weighted by atomic mass is 10.1. The second-order valence-electron chi connectivity index (χ2n) is 3.84. The standard InChI is InChI=1S/C11H15N3/c1-6-11(4,5)14-10-7-8(2)12-9(3)13-10/h1,7H,2-5H3,(H,12,13,14). The van der Waals surface area contributed by atoms with Gasteiger partial charge in [0.1, 0.15) is 11.6 Å². The maximum absolute atomic E-state index is 5.37. The molecule has 0 aliphatic rings. The molecule has 0 amide bonds. The van der Waals surface area contributed by atoms with Crippen LogP contribution in [0.2, 0.25) is 0 Å². The minimum absolute atomic E-state index is 0.382. The Morgan fingerprint density at radius 2 is 2.00 bits per heavy atom. The van der Waals surface area contributed by atoms with Crippen LogP contribution >= 0.6 is 0 Å². The summed E-state index contributed by atoms with van der Waals surface area (Å²) in [6.45, 7) is 7.66. The van der Waals surface area contributed by atoms with Crippen molar-refractivity contribution in [3.63, 3.8) is 0 Å². The SMILES string of the molecule is C#CC(C)(C)Nc1cc(C)nc(C)n1. The molecule has 1 heterocycles. The van der Waals surface area contributed by atoms with E-state index in [4.69, 9.17) is 6.42 Å². The zero-order valence-corrected chi connectivity index (χ0v) is 9.05. The van der Waals surface area contributed by atoms with Crippen LogP contribution < -0.4 is 5.32 Å². The Morgan fingerprint density at radius 3 is 2.50 bits per heavy atom. The van der Waals surface area contributed by atoms with Crippen LogP contribution in [0.3, 0.4) is 0 Å². The molecule has 14 heavy (non-hydrogen) atoms. The molecule has 0 fully saturated rings. The van der Waals surface area contributed by atoms with Gasteiger partial charge in [-0.15, -0.1) is 6.42 Å². The molecule has 0 aliphatic carbocycles. The van der Waals surface area contributed by atoms with E-state index >= 15 is 0 Å². The van der Waals surface area contributed by atoms with Gasteiger partial charge in [-0.3, -0.25) is 0 Å². The smallest absolute Gasteiger partial charge is 0.131 e. The number of nitrogens with one attached hydrogen (secondary N) is 1. The molecule has 3 nitrogen and oxygen atoms in total. The fourth-order valence-electron chi connectivity index (χ4n) is 1.14. The molecule has 0 radical (unpaired) electrons. The summed E-state index contributed by atoms with van der Waals surface area (Å²) >= 11 is 0. The van der Waals surface area contributed by atoms with Crippen LogP contribution in [0.5, 0.6) is 0 Å². The molecular weight excluding hydrogens is 174 g/mol. The lowest BCUT2D eigenvalue weighted by Crippen LogP contribution is -2.29. The second-order valence-corrected chi connectivity index (χ2v) is 3.84. The molecule has 0 aromatic carbocycles. The third-order valence-corrected chi connectivity index (χ3v) is 1.77. The first-order valence-electron chi connectivity index (χ1n) is 4.51. The first-order chi connectivity index (χ1) is 6.43. The van der Waals surface area contributed by atoms with Crippen molar-refractivity contribution in [2.24, 2.45) is 0 Å². The van der Waals surface area contributed by atoms with Crippen molar-refractivity contribution in [2.75, 3.05) is 5.32 Å². The summed E-state index contributed by atoms with van der Waals surface area (Å²) in [6.07, 6.45) is 5.37. The highest BCUT2D eigenvalue weighted by Crippen LogP contribution is 2.12. The highest BCUT2D eigenvalue weighted by molar-refractivity contribution is 5.41. The summed E-state index contributed by atoms with van der Waals surface area (Å²) in [5.41, 5.74) is 0.556. The van der Waals surface area contributed by atoms with E-state index in [1.807, 2.05) is 33.8 Å². The molecule has 0 bridgehead atoms. The summed E-state index contributed by atoms with van der Waals surface area (Å²) in [5, 5.41) is 3.16. The van der Waals surface area contributed by atoms with Gasteiger partial charge in [0.05, 0.1) is 5.54 Å². The Bertz CT molecular complexity index is 354. The van der Waals surface area contributed by atoms with Crippen LogP contribution in [0, 0.1) is 26.2 Å². The van der Waals surface area contributed by atoms with Crippen molar-refractivity contribution in [3.8, 4) is 12.3 Å². The second kappa shape index (κ2) is 3.67. The molecule has 0 spiro atoms. The van der Waals surface area contributed by atoms with Crippen molar-refractivity contribution >= 4 is 5.82 Å². The van der Waals surface area contributed by atoms with E-state index in [0.717, 1.165) is 17.3 Å². The Labute approximate surface area is 85.0 Å². The Hall–Kier alpha value is -1.56.